The smallest absolute Gasteiger partial charge is 0.416 e. The first-order valence-corrected chi connectivity index (χ1v) is 10.1. The number of anilines is 1. The van der Waals surface area contributed by atoms with Crippen molar-refractivity contribution in [2.24, 2.45) is 0 Å². The number of nitrogens with one attached hydrogen (secondary N) is 1. The summed E-state index contributed by atoms with van der Waals surface area (Å²) in [4.78, 5) is 18.6. The van der Waals surface area contributed by atoms with Crippen LogP contribution in [0.15, 0.2) is 30.3 Å². The van der Waals surface area contributed by atoms with Crippen LogP contribution in [-0.4, -0.2) is 23.0 Å². The molecule has 160 valence electrons. The quantitative estimate of drug-likeness (QED) is 0.738. The second-order valence-corrected chi connectivity index (χ2v) is 8.09. The minimum atomic E-state index is -4.54. The lowest BCUT2D eigenvalue weighted by Gasteiger charge is -2.39. The second-order valence-electron chi connectivity index (χ2n) is 8.09. The Morgan fingerprint density at radius 1 is 1.27 bits per heavy atom. The molecule has 0 bridgehead atoms. The number of benzene rings is 1. The van der Waals surface area contributed by atoms with E-state index in [2.05, 4.69) is 17.2 Å². The van der Waals surface area contributed by atoms with E-state index < -0.39 is 17.6 Å². The van der Waals surface area contributed by atoms with Crippen LogP contribution in [-0.2, 0) is 19.3 Å². The van der Waals surface area contributed by atoms with Gasteiger partial charge < -0.3 is 10.1 Å². The van der Waals surface area contributed by atoms with E-state index in [0.717, 1.165) is 25.3 Å². The normalized spacial score (nSPS) is 17.6. The predicted molar refractivity (Wildman–Crippen MR) is 106 cm³/mol. The van der Waals surface area contributed by atoms with E-state index in [4.69, 9.17) is 4.74 Å². The maximum absolute atomic E-state index is 13.8. The standard InChI is InChI=1S/C22H24F3N3O2/c1-3-30-19-7-4-6-18(27-19)28-13-16-15(20(28)29)10-14(11-17(16)22(23,24)25)12-26-21(2)8-5-9-21/h4,6-7,10-11,26H,3,5,8-9,12-13H2,1-2H3. The van der Waals surface area contributed by atoms with Gasteiger partial charge >= 0.3 is 6.18 Å². The Hall–Kier alpha value is -2.61. The number of carbonyl (C=O) groups excluding carboxylic acids is 1. The van der Waals surface area contributed by atoms with Crippen molar-refractivity contribution in [3.05, 3.63) is 52.6 Å². The number of hydrogen-bond acceptors (Lipinski definition) is 4. The third-order valence-corrected chi connectivity index (χ3v) is 5.86. The van der Waals surface area contributed by atoms with Crippen LogP contribution < -0.4 is 15.0 Å². The largest absolute Gasteiger partial charge is 0.478 e. The highest BCUT2D eigenvalue weighted by atomic mass is 19.4. The van der Waals surface area contributed by atoms with Crippen LogP contribution in [0.1, 0.15) is 60.2 Å². The number of ether oxygens (including phenoxy) is 1. The summed E-state index contributed by atoms with van der Waals surface area (Å²) in [6.07, 6.45) is -1.43. The molecule has 1 aromatic carbocycles. The van der Waals surface area contributed by atoms with Crippen LogP contribution in [0.3, 0.4) is 0 Å². The molecule has 30 heavy (non-hydrogen) atoms. The van der Waals surface area contributed by atoms with Gasteiger partial charge in [-0.3, -0.25) is 9.69 Å². The van der Waals surface area contributed by atoms with Crippen LogP contribution in [0.2, 0.25) is 0 Å². The van der Waals surface area contributed by atoms with E-state index >= 15 is 0 Å². The van der Waals surface area contributed by atoms with Crippen LogP contribution in [0.5, 0.6) is 5.88 Å². The van der Waals surface area contributed by atoms with Crippen LogP contribution in [0.4, 0.5) is 19.0 Å². The summed E-state index contributed by atoms with van der Waals surface area (Å²) in [7, 11) is 0. The number of halogens is 3. The van der Waals surface area contributed by atoms with Crippen LogP contribution >= 0.6 is 0 Å². The molecule has 0 unspecified atom stereocenters. The molecule has 2 aromatic rings. The molecule has 1 fully saturated rings. The highest BCUT2D eigenvalue weighted by Crippen LogP contribution is 2.39. The Morgan fingerprint density at radius 3 is 2.67 bits per heavy atom. The zero-order valence-corrected chi connectivity index (χ0v) is 17.0. The zero-order valence-electron chi connectivity index (χ0n) is 17.0. The average molecular weight is 419 g/mol. The van der Waals surface area contributed by atoms with Gasteiger partial charge in [-0.05, 0) is 62.4 Å². The average Bonchev–Trinajstić information content (AvgIpc) is 3.01. The van der Waals surface area contributed by atoms with Gasteiger partial charge in [-0.1, -0.05) is 6.07 Å². The summed E-state index contributed by atoms with van der Waals surface area (Å²) in [5, 5.41) is 3.34. The van der Waals surface area contributed by atoms with Gasteiger partial charge in [0.1, 0.15) is 5.82 Å². The lowest BCUT2D eigenvalue weighted by molar-refractivity contribution is -0.138. The van der Waals surface area contributed by atoms with Gasteiger partial charge in [0.15, 0.2) is 0 Å². The van der Waals surface area contributed by atoms with Crippen LogP contribution in [0, 0.1) is 0 Å². The van der Waals surface area contributed by atoms with Crippen molar-refractivity contribution in [3.63, 3.8) is 0 Å². The molecule has 8 heteroatoms. The molecule has 1 N–H and O–H groups in total. The third-order valence-electron chi connectivity index (χ3n) is 5.86. The first-order valence-electron chi connectivity index (χ1n) is 10.1. The number of alkyl halides is 3. The lowest BCUT2D eigenvalue weighted by atomic mass is 9.78. The van der Waals surface area contributed by atoms with Crippen molar-refractivity contribution < 1.29 is 22.7 Å². The van der Waals surface area contributed by atoms with Crippen LogP contribution in [0.25, 0.3) is 0 Å². The minimum absolute atomic E-state index is 0.00489. The van der Waals surface area contributed by atoms with Gasteiger partial charge in [0.2, 0.25) is 5.88 Å². The Kier molecular flexibility index (Phi) is 5.22. The van der Waals surface area contributed by atoms with E-state index in [1.807, 2.05) is 0 Å². The van der Waals surface area contributed by atoms with E-state index in [-0.39, 0.29) is 35.6 Å². The van der Waals surface area contributed by atoms with E-state index in [1.54, 1.807) is 31.2 Å². The van der Waals surface area contributed by atoms with E-state index in [9.17, 15) is 18.0 Å². The molecule has 1 aliphatic carbocycles. The summed E-state index contributed by atoms with van der Waals surface area (Å²) >= 11 is 0. The van der Waals surface area contributed by atoms with Gasteiger partial charge in [-0.25, -0.2) is 0 Å². The van der Waals surface area contributed by atoms with Crippen molar-refractivity contribution in [1.29, 1.82) is 0 Å². The van der Waals surface area contributed by atoms with Gasteiger partial charge in [-0.2, -0.15) is 18.2 Å². The molecular weight excluding hydrogens is 395 g/mol. The maximum Gasteiger partial charge on any atom is 0.416 e. The number of fused-ring (bicyclic) bond motifs is 1. The monoisotopic (exact) mass is 419 g/mol. The molecule has 0 atom stereocenters. The fourth-order valence-electron chi connectivity index (χ4n) is 3.99. The highest BCUT2D eigenvalue weighted by molar-refractivity contribution is 6.10. The number of rotatable bonds is 6. The molecule has 1 amide bonds. The van der Waals surface area contributed by atoms with Crippen molar-refractivity contribution in [1.82, 2.24) is 10.3 Å². The number of carbonyl (C=O) groups is 1. The molecule has 4 rings (SSSR count). The van der Waals surface area contributed by atoms with Crippen molar-refractivity contribution >= 4 is 11.7 Å². The van der Waals surface area contributed by atoms with Gasteiger partial charge in [0.05, 0.1) is 18.7 Å². The molecular formula is C22H24F3N3O2. The number of nitrogens with zero attached hydrogens (tertiary/aromatic N) is 2. The Bertz CT molecular complexity index is 971. The minimum Gasteiger partial charge on any atom is -0.478 e. The predicted octanol–water partition coefficient (Wildman–Crippen LogP) is 4.69. The summed E-state index contributed by atoms with van der Waals surface area (Å²) in [5.41, 5.74) is -0.261. The molecule has 2 aliphatic rings. The maximum atomic E-state index is 13.8. The second kappa shape index (κ2) is 7.58. The molecule has 0 radical (unpaired) electrons. The van der Waals surface area contributed by atoms with Gasteiger partial charge in [0.25, 0.3) is 5.91 Å². The number of hydrogen-bond donors (Lipinski definition) is 1. The molecule has 1 saturated carbocycles. The summed E-state index contributed by atoms with van der Waals surface area (Å²) in [6.45, 7) is 4.40. The summed E-state index contributed by atoms with van der Waals surface area (Å²) in [6, 6.07) is 7.65. The van der Waals surface area contributed by atoms with Gasteiger partial charge in [-0.15, -0.1) is 0 Å². The molecule has 1 aliphatic heterocycles. The third kappa shape index (κ3) is 3.88. The SMILES string of the molecule is CCOc1cccc(N2Cc3c(cc(CNC4(C)CCC4)cc3C(F)(F)F)C2=O)n1. The first-order chi connectivity index (χ1) is 14.2. The van der Waals surface area contributed by atoms with Crippen molar-refractivity contribution in [2.45, 2.75) is 57.9 Å². The van der Waals surface area contributed by atoms with E-state index in [0.29, 0.717) is 18.1 Å². The first kappa shape index (κ1) is 20.7. The number of aromatic nitrogens is 1. The Balaban J connectivity index is 1.67. The molecule has 0 saturated heterocycles. The van der Waals surface area contributed by atoms with E-state index in [1.165, 1.54) is 4.90 Å². The molecule has 0 spiro atoms. The highest BCUT2D eigenvalue weighted by Gasteiger charge is 2.41. The lowest BCUT2D eigenvalue weighted by Crippen LogP contribution is -2.47. The number of amides is 1. The Labute approximate surface area is 173 Å². The fourth-order valence-corrected chi connectivity index (χ4v) is 3.99. The topological polar surface area (TPSA) is 54.5 Å². The summed E-state index contributed by atoms with van der Waals surface area (Å²) in [5.74, 6) is 0.124. The Morgan fingerprint density at radius 2 is 2.03 bits per heavy atom. The fraction of sp³-hybridized carbons (Fsp3) is 0.455. The summed E-state index contributed by atoms with van der Waals surface area (Å²) < 4.78 is 46.8. The van der Waals surface area contributed by atoms with Crippen molar-refractivity contribution in [3.8, 4) is 5.88 Å². The molecule has 2 heterocycles. The molecule has 5 nitrogen and oxygen atoms in total. The van der Waals surface area contributed by atoms with Gasteiger partial charge in [0, 0.05) is 23.7 Å². The van der Waals surface area contributed by atoms with Crippen molar-refractivity contribution in [2.75, 3.05) is 11.5 Å². The molecule has 1 aromatic heterocycles. The zero-order chi connectivity index (χ0) is 21.5. The number of pyridine rings is 1.